The molecule has 3 aromatic rings. The number of hydrogen-bond donors (Lipinski definition) is 3. The summed E-state index contributed by atoms with van der Waals surface area (Å²) in [5, 5.41) is 7.42. The van der Waals surface area contributed by atoms with Gasteiger partial charge < -0.3 is 15.6 Å². The summed E-state index contributed by atoms with van der Waals surface area (Å²) in [6, 6.07) is 11.6. The summed E-state index contributed by atoms with van der Waals surface area (Å²) in [6.07, 6.45) is 7.85. The molecular weight excluding hydrogens is 488 g/mol. The van der Waals surface area contributed by atoms with E-state index in [1.165, 1.54) is 24.0 Å². The van der Waals surface area contributed by atoms with Crippen molar-refractivity contribution < 1.29 is 4.79 Å². The molecule has 0 unspecified atom stereocenters. The molecule has 5 nitrogen and oxygen atoms in total. The first-order valence-electron chi connectivity index (χ1n) is 11.1. The molecule has 168 valence electrons. The smallest absolute Gasteiger partial charge is 0.323 e. The van der Waals surface area contributed by atoms with E-state index in [0.29, 0.717) is 16.8 Å². The number of amides is 2. The Morgan fingerprint density at radius 3 is 2.53 bits per heavy atom. The first-order valence-corrected chi connectivity index (χ1v) is 12.2. The highest BCUT2D eigenvalue weighted by molar-refractivity contribution is 9.10. The van der Waals surface area contributed by atoms with Gasteiger partial charge in [-0.15, -0.1) is 0 Å². The van der Waals surface area contributed by atoms with Crippen molar-refractivity contribution in [1.82, 2.24) is 9.88 Å². The van der Waals surface area contributed by atoms with Crippen LogP contribution in [0.1, 0.15) is 38.7 Å². The van der Waals surface area contributed by atoms with E-state index in [1.807, 2.05) is 18.2 Å². The molecule has 0 bridgehead atoms. The molecule has 4 rings (SSSR count). The lowest BCUT2D eigenvalue weighted by Crippen LogP contribution is -2.37. The van der Waals surface area contributed by atoms with Crippen molar-refractivity contribution in [2.24, 2.45) is 0 Å². The molecule has 3 N–H and O–H groups in total. The van der Waals surface area contributed by atoms with E-state index in [4.69, 9.17) is 11.6 Å². The minimum absolute atomic E-state index is 0.308. The molecule has 0 saturated carbocycles. The average molecular weight is 516 g/mol. The van der Waals surface area contributed by atoms with Gasteiger partial charge in [-0.05, 0) is 77.2 Å². The van der Waals surface area contributed by atoms with E-state index in [-0.39, 0.29) is 6.03 Å². The Morgan fingerprint density at radius 1 is 1.16 bits per heavy atom. The summed E-state index contributed by atoms with van der Waals surface area (Å²) in [5.74, 6) is 0. The van der Waals surface area contributed by atoms with Crippen molar-refractivity contribution in [2.45, 2.75) is 39.2 Å². The summed E-state index contributed by atoms with van der Waals surface area (Å²) in [7, 11) is 0. The number of rotatable bonds is 6. The number of H-pyrrole nitrogens is 1. The van der Waals surface area contributed by atoms with Crippen LogP contribution in [-0.4, -0.2) is 35.0 Å². The molecule has 0 spiro atoms. The fourth-order valence-electron chi connectivity index (χ4n) is 4.40. The first-order chi connectivity index (χ1) is 15.5. The van der Waals surface area contributed by atoms with Crippen LogP contribution in [0.2, 0.25) is 5.02 Å². The third kappa shape index (κ3) is 5.03. The van der Waals surface area contributed by atoms with Crippen molar-refractivity contribution >= 4 is 61.4 Å². The quantitative estimate of drug-likeness (QED) is 0.318. The van der Waals surface area contributed by atoms with Crippen LogP contribution in [0.5, 0.6) is 0 Å². The summed E-state index contributed by atoms with van der Waals surface area (Å²) in [6.45, 7) is 6.61. The van der Waals surface area contributed by atoms with Crippen molar-refractivity contribution in [1.29, 1.82) is 0 Å². The first kappa shape index (κ1) is 22.9. The van der Waals surface area contributed by atoms with Crippen LogP contribution in [0.15, 0.2) is 53.1 Å². The van der Waals surface area contributed by atoms with E-state index >= 15 is 0 Å². The number of carbonyl (C=O) groups excluding carboxylic acids is 1. The number of aromatic amines is 1. The molecule has 1 aliphatic heterocycles. The van der Waals surface area contributed by atoms with Crippen LogP contribution in [0.4, 0.5) is 16.2 Å². The van der Waals surface area contributed by atoms with E-state index in [9.17, 15) is 4.79 Å². The van der Waals surface area contributed by atoms with Gasteiger partial charge in [0.2, 0.25) is 0 Å². The topological polar surface area (TPSA) is 60.2 Å². The number of fused-ring (bicyclic) bond motifs is 1. The Kier molecular flexibility index (Phi) is 7.23. The fraction of sp³-hybridized carbons (Fsp3) is 0.320. The fourth-order valence-corrected chi connectivity index (χ4v) is 4.82. The molecule has 2 amide bonds. The van der Waals surface area contributed by atoms with Gasteiger partial charge in [0, 0.05) is 57.6 Å². The van der Waals surface area contributed by atoms with Crippen LogP contribution in [0, 0.1) is 0 Å². The van der Waals surface area contributed by atoms with Crippen LogP contribution in [0.25, 0.3) is 16.5 Å². The third-order valence-corrected chi connectivity index (χ3v) is 7.39. The lowest BCUT2D eigenvalue weighted by Gasteiger charge is -2.33. The lowest BCUT2D eigenvalue weighted by atomic mass is 9.97. The Balaban J connectivity index is 1.49. The second-order valence-electron chi connectivity index (χ2n) is 8.12. The molecule has 32 heavy (non-hydrogen) atoms. The Hall–Kier alpha value is -2.28. The van der Waals surface area contributed by atoms with Crippen LogP contribution < -0.4 is 10.6 Å². The highest BCUT2D eigenvalue weighted by atomic mass is 79.9. The van der Waals surface area contributed by atoms with Crippen molar-refractivity contribution in [2.75, 3.05) is 23.7 Å². The van der Waals surface area contributed by atoms with Crippen molar-refractivity contribution in [3.63, 3.8) is 0 Å². The van der Waals surface area contributed by atoms with Gasteiger partial charge >= 0.3 is 6.03 Å². The zero-order valence-corrected chi connectivity index (χ0v) is 20.7. The maximum absolute atomic E-state index is 12.5. The molecule has 0 fully saturated rings. The minimum atomic E-state index is -0.308. The Bertz CT molecular complexity index is 1150. The molecule has 0 radical (unpaired) electrons. The van der Waals surface area contributed by atoms with E-state index in [0.717, 1.165) is 40.6 Å². The zero-order valence-electron chi connectivity index (χ0n) is 18.3. The lowest BCUT2D eigenvalue weighted by molar-refractivity contribution is 0.205. The monoisotopic (exact) mass is 514 g/mol. The normalized spacial score (nSPS) is 14.6. The number of nitrogens with zero attached hydrogens (tertiary/aromatic N) is 1. The Labute approximate surface area is 202 Å². The van der Waals surface area contributed by atoms with Crippen LogP contribution >= 0.6 is 27.5 Å². The second-order valence-corrected chi connectivity index (χ2v) is 9.38. The van der Waals surface area contributed by atoms with Crippen LogP contribution in [0.3, 0.4) is 0 Å². The standard InChI is InChI=1S/C25H28BrClN4O/c1-3-19(4-2)31-11-9-16(10-12-31)21-15-28-24-8-6-17(13-20(21)24)29-25(32)30-18-5-7-22(26)23(27)14-18/h5-9,13-15,19,28H,3-4,10-12H2,1-2H3,(H2,29,30,32). The number of benzene rings is 2. The molecular formula is C25H28BrClN4O. The largest absolute Gasteiger partial charge is 0.361 e. The number of hydrogen-bond acceptors (Lipinski definition) is 2. The van der Waals surface area contributed by atoms with E-state index in [2.05, 4.69) is 62.6 Å². The summed E-state index contributed by atoms with van der Waals surface area (Å²) < 4.78 is 0.788. The van der Waals surface area contributed by atoms with Crippen molar-refractivity contribution in [3.8, 4) is 0 Å². The molecule has 0 saturated heterocycles. The van der Waals surface area contributed by atoms with E-state index in [1.54, 1.807) is 18.2 Å². The maximum atomic E-state index is 12.5. The minimum Gasteiger partial charge on any atom is -0.361 e. The number of carbonyl (C=O) groups is 1. The SMILES string of the molecule is CCC(CC)N1CC=C(c2c[nH]c3ccc(NC(=O)Nc4ccc(Br)c(Cl)c4)cc23)CC1. The van der Waals surface area contributed by atoms with Gasteiger partial charge in [-0.3, -0.25) is 4.90 Å². The number of aromatic nitrogens is 1. The Morgan fingerprint density at radius 2 is 1.88 bits per heavy atom. The predicted octanol–water partition coefficient (Wildman–Crippen LogP) is 7.51. The molecule has 2 aromatic carbocycles. The van der Waals surface area contributed by atoms with Gasteiger partial charge in [0.05, 0.1) is 5.02 Å². The van der Waals surface area contributed by atoms with Gasteiger partial charge in [-0.1, -0.05) is 31.5 Å². The molecule has 0 aliphatic carbocycles. The maximum Gasteiger partial charge on any atom is 0.323 e. The van der Waals surface area contributed by atoms with Gasteiger partial charge in [-0.2, -0.15) is 0 Å². The molecule has 2 heterocycles. The summed E-state index contributed by atoms with van der Waals surface area (Å²) in [5.41, 5.74) is 5.02. The number of nitrogens with one attached hydrogen (secondary N) is 3. The van der Waals surface area contributed by atoms with Crippen LogP contribution in [-0.2, 0) is 0 Å². The second kappa shape index (κ2) is 10.1. The summed E-state index contributed by atoms with van der Waals surface area (Å²) >= 11 is 9.47. The zero-order chi connectivity index (χ0) is 22.7. The third-order valence-electron chi connectivity index (χ3n) is 6.16. The molecule has 7 heteroatoms. The van der Waals surface area contributed by atoms with E-state index < -0.39 is 0 Å². The van der Waals surface area contributed by atoms with Gasteiger partial charge in [0.1, 0.15) is 0 Å². The van der Waals surface area contributed by atoms with Crippen molar-refractivity contribution in [3.05, 3.63) is 63.7 Å². The van der Waals surface area contributed by atoms with Gasteiger partial charge in [0.25, 0.3) is 0 Å². The number of halogens is 2. The average Bonchev–Trinajstić information content (AvgIpc) is 3.21. The molecule has 1 aliphatic rings. The molecule has 1 aromatic heterocycles. The number of anilines is 2. The molecule has 0 atom stereocenters. The predicted molar refractivity (Wildman–Crippen MR) is 139 cm³/mol. The highest BCUT2D eigenvalue weighted by Crippen LogP contribution is 2.32. The number of urea groups is 1. The van der Waals surface area contributed by atoms with Gasteiger partial charge in [-0.25, -0.2) is 4.79 Å². The highest BCUT2D eigenvalue weighted by Gasteiger charge is 2.20. The summed E-state index contributed by atoms with van der Waals surface area (Å²) in [4.78, 5) is 18.4. The van der Waals surface area contributed by atoms with Gasteiger partial charge in [0.15, 0.2) is 0 Å².